The molecule has 0 spiro atoms. The van der Waals surface area contributed by atoms with Crippen molar-refractivity contribution >= 4 is 28.6 Å². The van der Waals surface area contributed by atoms with Crippen LogP contribution >= 0.6 is 22.6 Å². The second kappa shape index (κ2) is 7.18. The maximum absolute atomic E-state index is 11.6. The van der Waals surface area contributed by atoms with Crippen LogP contribution in [-0.2, 0) is 9.53 Å². The largest absolute Gasteiger partial charge is 0.459 e. The van der Waals surface area contributed by atoms with Crippen molar-refractivity contribution in [1.29, 1.82) is 0 Å². The summed E-state index contributed by atoms with van der Waals surface area (Å²) in [5.41, 5.74) is 2.47. The third kappa shape index (κ3) is 3.14. The molecule has 0 bridgehead atoms. The number of fused-ring (bicyclic) bond motifs is 5. The average Bonchev–Trinajstić information content (AvgIpc) is 2.99. The highest BCUT2D eigenvalue weighted by Crippen LogP contribution is 2.67. The van der Waals surface area contributed by atoms with Gasteiger partial charge in [-0.05, 0) is 79.4 Å². The maximum Gasteiger partial charge on any atom is 0.330 e. The van der Waals surface area contributed by atoms with Gasteiger partial charge >= 0.3 is 5.97 Å². The van der Waals surface area contributed by atoms with E-state index in [1.165, 1.54) is 44.6 Å². The highest BCUT2D eigenvalue weighted by molar-refractivity contribution is 14.1. The Labute approximate surface area is 178 Å². The van der Waals surface area contributed by atoms with Crippen molar-refractivity contribution < 1.29 is 9.53 Å². The van der Waals surface area contributed by atoms with Crippen molar-refractivity contribution in [3.8, 4) is 0 Å². The van der Waals surface area contributed by atoms with Crippen molar-refractivity contribution in [2.24, 2.45) is 34.5 Å². The lowest BCUT2D eigenvalue weighted by molar-refractivity contribution is -0.145. The van der Waals surface area contributed by atoms with Crippen LogP contribution in [0, 0.1) is 34.5 Å². The van der Waals surface area contributed by atoms with Gasteiger partial charge in [-0.3, -0.25) is 0 Å². The summed E-state index contributed by atoms with van der Waals surface area (Å²) in [5.74, 6) is 3.23. The zero-order chi connectivity index (χ0) is 19.4. The van der Waals surface area contributed by atoms with Crippen molar-refractivity contribution in [2.45, 2.75) is 82.2 Å². The smallest absolute Gasteiger partial charge is 0.330 e. The minimum Gasteiger partial charge on any atom is -0.459 e. The quantitative estimate of drug-likeness (QED) is 0.151. The van der Waals surface area contributed by atoms with Gasteiger partial charge in [0.05, 0.1) is 0 Å². The Hall–Kier alpha value is -0.320. The number of esters is 1. The van der Waals surface area contributed by atoms with Gasteiger partial charge in [0, 0.05) is 16.4 Å². The van der Waals surface area contributed by atoms with Crippen LogP contribution in [0.15, 0.2) is 24.3 Å². The molecule has 8 atom stereocenters. The normalized spacial score (nSPS) is 47.1. The number of carbonyl (C=O) groups excluding carboxylic acids is 1. The summed E-state index contributed by atoms with van der Waals surface area (Å²) < 4.78 is 6.38. The van der Waals surface area contributed by atoms with Crippen LogP contribution in [0.3, 0.4) is 0 Å². The first kappa shape index (κ1) is 20.0. The lowest BCUT2D eigenvalue weighted by Crippen LogP contribution is -2.51. The molecule has 0 aromatic carbocycles. The summed E-state index contributed by atoms with van der Waals surface area (Å²) in [6.07, 6.45) is 13.9. The molecular formula is C24H35IO2. The number of hydrogen-bond donors (Lipinski definition) is 0. The van der Waals surface area contributed by atoms with Crippen molar-refractivity contribution in [3.05, 3.63) is 24.3 Å². The van der Waals surface area contributed by atoms with E-state index in [2.05, 4.69) is 56.0 Å². The van der Waals surface area contributed by atoms with Crippen LogP contribution in [0.25, 0.3) is 0 Å². The molecule has 4 rings (SSSR count). The molecule has 3 fully saturated rings. The van der Waals surface area contributed by atoms with E-state index in [9.17, 15) is 4.79 Å². The number of rotatable bonds is 3. The fraction of sp³-hybridized carbons (Fsp3) is 0.792. The zero-order valence-corrected chi connectivity index (χ0v) is 19.3. The monoisotopic (exact) mass is 482 g/mol. The predicted molar refractivity (Wildman–Crippen MR) is 119 cm³/mol. The molecule has 2 nitrogen and oxygen atoms in total. The van der Waals surface area contributed by atoms with E-state index in [-0.39, 0.29) is 12.1 Å². The SMILES string of the molecule is C=CC(=O)OC1CC[C@@]2(C)C(=CCC3C4CCC(C(C)I)[C@@]4(C)CCC32)C1. The summed E-state index contributed by atoms with van der Waals surface area (Å²) in [5, 5.41) is 0. The third-order valence-electron chi connectivity index (χ3n) is 9.14. The number of allylic oxidation sites excluding steroid dienone is 1. The Morgan fingerprint density at radius 1 is 1.26 bits per heavy atom. The Morgan fingerprint density at radius 2 is 2.04 bits per heavy atom. The molecule has 0 N–H and O–H groups in total. The molecule has 0 aromatic heterocycles. The van der Waals surface area contributed by atoms with E-state index in [1.54, 1.807) is 5.57 Å². The average molecular weight is 482 g/mol. The molecule has 6 unspecified atom stereocenters. The highest BCUT2D eigenvalue weighted by atomic mass is 127. The predicted octanol–water partition coefficient (Wildman–Crippen LogP) is 6.49. The Kier molecular flexibility index (Phi) is 5.31. The summed E-state index contributed by atoms with van der Waals surface area (Å²) >= 11 is 2.68. The Morgan fingerprint density at radius 3 is 2.74 bits per heavy atom. The molecule has 3 heteroatoms. The number of halogens is 1. The highest BCUT2D eigenvalue weighted by Gasteiger charge is 2.59. The molecular weight excluding hydrogens is 447 g/mol. The van der Waals surface area contributed by atoms with Gasteiger partial charge < -0.3 is 4.74 Å². The van der Waals surface area contributed by atoms with E-state index in [4.69, 9.17) is 4.74 Å². The second-order valence-electron chi connectivity index (χ2n) is 10.2. The second-order valence-corrected chi connectivity index (χ2v) is 12.1. The molecule has 0 saturated heterocycles. The number of carbonyl (C=O) groups is 1. The van der Waals surface area contributed by atoms with Gasteiger partial charge in [0.1, 0.15) is 6.10 Å². The van der Waals surface area contributed by atoms with Crippen molar-refractivity contribution in [2.75, 3.05) is 0 Å². The number of alkyl halides is 1. The maximum atomic E-state index is 11.6. The first-order chi connectivity index (χ1) is 12.8. The molecule has 0 heterocycles. The minimum absolute atomic E-state index is 0.0518. The first-order valence-electron chi connectivity index (χ1n) is 11.0. The van der Waals surface area contributed by atoms with E-state index in [0.29, 0.717) is 10.8 Å². The molecule has 0 aliphatic heterocycles. The van der Waals surface area contributed by atoms with E-state index in [0.717, 1.165) is 40.4 Å². The minimum atomic E-state index is -0.267. The summed E-state index contributed by atoms with van der Waals surface area (Å²) in [6, 6.07) is 0. The van der Waals surface area contributed by atoms with Gasteiger partial charge in [-0.25, -0.2) is 4.79 Å². The number of hydrogen-bond acceptors (Lipinski definition) is 2. The van der Waals surface area contributed by atoms with E-state index in [1.807, 2.05) is 0 Å². The van der Waals surface area contributed by atoms with Crippen LogP contribution in [-0.4, -0.2) is 16.0 Å². The topological polar surface area (TPSA) is 26.3 Å². The summed E-state index contributed by atoms with van der Waals surface area (Å²) in [6.45, 7) is 11.1. The molecule has 150 valence electrons. The molecule has 3 saturated carbocycles. The first-order valence-corrected chi connectivity index (χ1v) is 12.2. The number of ether oxygens (including phenoxy) is 1. The fourth-order valence-electron chi connectivity index (χ4n) is 7.74. The van der Waals surface area contributed by atoms with Crippen LogP contribution in [0.1, 0.15) is 72.1 Å². The molecule has 0 aromatic rings. The summed E-state index contributed by atoms with van der Waals surface area (Å²) in [7, 11) is 0. The molecule has 0 radical (unpaired) electrons. The van der Waals surface area contributed by atoms with Gasteiger partial charge in [0.15, 0.2) is 0 Å². The zero-order valence-electron chi connectivity index (χ0n) is 17.2. The lowest BCUT2D eigenvalue weighted by Gasteiger charge is -2.58. The summed E-state index contributed by atoms with van der Waals surface area (Å²) in [4.78, 5) is 11.6. The van der Waals surface area contributed by atoms with Crippen LogP contribution in [0.4, 0.5) is 0 Å². The third-order valence-corrected chi connectivity index (χ3v) is 10.0. The molecule has 0 amide bonds. The van der Waals surface area contributed by atoms with Crippen LogP contribution in [0.2, 0.25) is 0 Å². The van der Waals surface area contributed by atoms with Crippen molar-refractivity contribution in [1.82, 2.24) is 0 Å². The molecule has 4 aliphatic carbocycles. The molecule has 4 aliphatic rings. The fourth-order valence-corrected chi connectivity index (χ4v) is 8.92. The van der Waals surface area contributed by atoms with E-state index >= 15 is 0 Å². The molecule has 27 heavy (non-hydrogen) atoms. The van der Waals surface area contributed by atoms with Gasteiger partial charge in [-0.2, -0.15) is 0 Å². The lowest BCUT2D eigenvalue weighted by atomic mass is 9.47. The van der Waals surface area contributed by atoms with E-state index < -0.39 is 0 Å². The van der Waals surface area contributed by atoms with Gasteiger partial charge in [-0.15, -0.1) is 0 Å². The Bertz CT molecular complexity index is 653. The van der Waals surface area contributed by atoms with Gasteiger partial charge in [0.2, 0.25) is 0 Å². The Balaban J connectivity index is 1.55. The van der Waals surface area contributed by atoms with Crippen molar-refractivity contribution in [3.63, 3.8) is 0 Å². The van der Waals surface area contributed by atoms with Gasteiger partial charge in [0.25, 0.3) is 0 Å². The standard InChI is InChI=1S/C24H35IO2/c1-5-22(26)27-17-10-12-23(3)16(14-17)6-7-18-20-9-8-19(15(2)25)24(20,4)13-11-21(18)23/h5-6,15,17-21H,1,7-14H2,2-4H3/t15?,17?,18?,19?,20?,21?,23-,24+/m0/s1. The van der Waals surface area contributed by atoms with Crippen LogP contribution in [0.5, 0.6) is 0 Å². The van der Waals surface area contributed by atoms with Gasteiger partial charge in [-0.1, -0.05) is 61.6 Å². The van der Waals surface area contributed by atoms with Crippen LogP contribution < -0.4 is 0 Å².